The van der Waals surface area contributed by atoms with Crippen LogP contribution in [0.5, 0.6) is 0 Å². The van der Waals surface area contributed by atoms with Gasteiger partial charge in [0.15, 0.2) is 0 Å². The lowest BCUT2D eigenvalue weighted by Crippen LogP contribution is -2.10. The zero-order valence-corrected chi connectivity index (χ0v) is 49.5. The summed E-state index contributed by atoms with van der Waals surface area (Å²) >= 11 is 0. The van der Waals surface area contributed by atoms with Gasteiger partial charge in [-0.15, -0.1) is 0 Å². The number of fused-ring (bicyclic) bond motifs is 1. The van der Waals surface area contributed by atoms with Crippen molar-refractivity contribution in [2.24, 2.45) is 0 Å². The monoisotopic (exact) mass is 1090 g/mol. The van der Waals surface area contributed by atoms with E-state index in [1.807, 2.05) is 0 Å². The van der Waals surface area contributed by atoms with E-state index in [4.69, 9.17) is 0 Å². The van der Waals surface area contributed by atoms with Gasteiger partial charge in [-0.25, -0.2) is 0 Å². The molecule has 0 saturated carbocycles. The Labute approximate surface area is 502 Å². The molecule has 10 aromatic rings. The number of hydrogen-bond acceptors (Lipinski definition) is 2. The molecule has 0 aliphatic heterocycles. The van der Waals surface area contributed by atoms with Crippen molar-refractivity contribution in [3.63, 3.8) is 0 Å². The van der Waals surface area contributed by atoms with Gasteiger partial charge in [0.05, 0.1) is 0 Å². The second kappa shape index (κ2) is 30.9. The van der Waals surface area contributed by atoms with Crippen molar-refractivity contribution >= 4 is 69.0 Å². The van der Waals surface area contributed by atoms with Gasteiger partial charge in [-0.3, -0.25) is 0 Å². The molecule has 0 aliphatic rings. The van der Waals surface area contributed by atoms with Gasteiger partial charge in [0.25, 0.3) is 0 Å². The van der Waals surface area contributed by atoms with Crippen molar-refractivity contribution in [1.82, 2.24) is 0 Å². The van der Waals surface area contributed by atoms with Crippen molar-refractivity contribution in [1.29, 1.82) is 0 Å². The highest BCUT2D eigenvalue weighted by molar-refractivity contribution is 5.99. The molecule has 0 unspecified atom stereocenters. The summed E-state index contributed by atoms with van der Waals surface area (Å²) in [6.07, 6.45) is 31.5. The maximum absolute atomic E-state index is 2.35. The Morgan fingerprint density at radius 2 is 0.560 bits per heavy atom. The number of anilines is 4. The first-order chi connectivity index (χ1) is 41.6. The summed E-state index contributed by atoms with van der Waals surface area (Å²) in [6.45, 7) is 4.57. The minimum absolute atomic E-state index is 1.11. The van der Waals surface area contributed by atoms with Gasteiger partial charge < -0.3 is 9.80 Å². The molecule has 10 rings (SSSR count). The Balaban J connectivity index is 0.884. The first-order valence-electron chi connectivity index (χ1n) is 31.1. The quantitative estimate of drug-likeness (QED) is 0.0356. The number of benzene rings is 10. The van der Waals surface area contributed by atoms with Crippen molar-refractivity contribution in [2.45, 2.75) is 104 Å². The molecule has 0 N–H and O–H groups in total. The van der Waals surface area contributed by atoms with Crippen molar-refractivity contribution < 1.29 is 0 Å². The number of hydrogen-bond donors (Lipinski definition) is 0. The Bertz CT molecular complexity index is 3360. The summed E-state index contributed by atoms with van der Waals surface area (Å²) in [4.78, 5) is 4.70. The molecule has 0 heterocycles. The smallest absolute Gasteiger partial charge is 0.0456 e. The number of unbranched alkanes of at least 4 members (excludes halogenated alkanes) is 10. The molecule has 0 spiro atoms. The molecule has 2 heteroatoms. The Morgan fingerprint density at radius 1 is 0.274 bits per heavy atom. The fourth-order valence-corrected chi connectivity index (χ4v) is 11.3. The van der Waals surface area contributed by atoms with Gasteiger partial charge in [0.2, 0.25) is 0 Å². The molecule has 0 aromatic heterocycles. The van der Waals surface area contributed by atoms with Crippen LogP contribution in [-0.2, 0) is 12.8 Å². The lowest BCUT2D eigenvalue weighted by molar-refractivity contribution is 0.607. The molecule has 0 bridgehead atoms. The van der Waals surface area contributed by atoms with E-state index in [1.165, 1.54) is 143 Å². The van der Waals surface area contributed by atoms with E-state index in [1.54, 1.807) is 0 Å². The van der Waals surface area contributed by atoms with Crippen LogP contribution in [0, 0.1) is 0 Å². The third-order valence-electron chi connectivity index (χ3n) is 16.2. The van der Waals surface area contributed by atoms with Gasteiger partial charge in [-0.1, -0.05) is 309 Å². The molecular weight excluding hydrogens is 1010 g/mol. The van der Waals surface area contributed by atoms with E-state index >= 15 is 0 Å². The molecule has 420 valence electrons. The highest BCUT2D eigenvalue weighted by atomic mass is 15.1. The summed E-state index contributed by atoms with van der Waals surface area (Å²) in [6, 6.07) is 92.7. The van der Waals surface area contributed by atoms with Crippen LogP contribution in [0.15, 0.2) is 267 Å². The average molecular weight is 1100 g/mol. The van der Waals surface area contributed by atoms with Crippen molar-refractivity contribution in [3.8, 4) is 0 Å². The van der Waals surface area contributed by atoms with E-state index in [0.29, 0.717) is 0 Å². The molecule has 0 fully saturated rings. The molecular formula is C82H82N2. The molecule has 0 amide bonds. The standard InChI is InChI=1S/C82H82N2/c1-3-5-7-9-11-17-29-65-43-55-75(56-44-65)83(63-81(69-31-19-13-20-32-69)70-33-21-14-22-34-70)77-59-47-67(48-60-77)41-51-73-53-54-74(80-40-28-27-39-79(73)80)52-42-68-49-61-78(62-50-68)84(76-57-45-66(46-58-76)30-18-12-10-8-6-4-2)64-82(71-35-23-15-24-36-71)72-37-25-16-26-38-72/h13-16,19-28,31-64H,3-12,17-18,29-30H2,1-2H3. The lowest BCUT2D eigenvalue weighted by atomic mass is 9.97. The van der Waals surface area contributed by atoms with Crippen LogP contribution in [-0.4, -0.2) is 0 Å². The molecule has 0 saturated heterocycles. The van der Waals surface area contributed by atoms with E-state index < -0.39 is 0 Å². The largest absolute Gasteiger partial charge is 0.317 e. The predicted molar refractivity (Wildman–Crippen MR) is 366 cm³/mol. The lowest BCUT2D eigenvalue weighted by Gasteiger charge is -2.24. The highest BCUT2D eigenvalue weighted by Gasteiger charge is 2.15. The van der Waals surface area contributed by atoms with Crippen LogP contribution in [0.3, 0.4) is 0 Å². The van der Waals surface area contributed by atoms with Gasteiger partial charge in [-0.05, 0) is 141 Å². The summed E-state index contributed by atoms with van der Waals surface area (Å²) in [5.41, 5.74) is 19.0. The van der Waals surface area contributed by atoms with Crippen LogP contribution in [0.4, 0.5) is 22.7 Å². The minimum Gasteiger partial charge on any atom is -0.317 e. The average Bonchev–Trinajstić information content (AvgIpc) is 3.46. The fourth-order valence-electron chi connectivity index (χ4n) is 11.3. The van der Waals surface area contributed by atoms with Crippen molar-refractivity contribution in [3.05, 3.63) is 323 Å². The van der Waals surface area contributed by atoms with Crippen LogP contribution in [0.2, 0.25) is 0 Å². The SMILES string of the molecule is CCCCCCCCc1ccc(N(C=C(c2ccccc2)c2ccccc2)c2ccc(C=Cc3ccc(C=Cc4ccc(N(C=C(c5ccccc5)c5ccccc5)c5ccc(CCCCCCCC)cc5)cc4)c4ccccc34)cc2)cc1. The zero-order chi connectivity index (χ0) is 57.4. The van der Waals surface area contributed by atoms with Crippen LogP contribution < -0.4 is 9.80 Å². The van der Waals surface area contributed by atoms with Crippen LogP contribution in [0.25, 0.3) is 46.2 Å². The summed E-state index contributed by atoms with van der Waals surface area (Å²) in [5.74, 6) is 0. The van der Waals surface area contributed by atoms with Crippen LogP contribution in [0.1, 0.15) is 147 Å². The van der Waals surface area contributed by atoms with Crippen molar-refractivity contribution in [2.75, 3.05) is 9.80 Å². The zero-order valence-electron chi connectivity index (χ0n) is 49.5. The molecule has 0 atom stereocenters. The number of aryl methyl sites for hydroxylation is 2. The summed E-state index contributed by atoms with van der Waals surface area (Å²) in [7, 11) is 0. The first-order valence-corrected chi connectivity index (χ1v) is 31.1. The molecule has 2 nitrogen and oxygen atoms in total. The van der Waals surface area contributed by atoms with E-state index in [2.05, 4.69) is 315 Å². The second-order valence-electron chi connectivity index (χ2n) is 22.3. The van der Waals surface area contributed by atoms with Gasteiger partial charge >= 0.3 is 0 Å². The van der Waals surface area contributed by atoms with E-state index in [0.717, 1.165) is 46.7 Å². The number of nitrogens with zero attached hydrogens (tertiary/aromatic N) is 2. The second-order valence-corrected chi connectivity index (χ2v) is 22.3. The maximum atomic E-state index is 2.35. The van der Waals surface area contributed by atoms with Gasteiger partial charge in [0.1, 0.15) is 0 Å². The molecule has 10 aromatic carbocycles. The summed E-state index contributed by atoms with van der Waals surface area (Å²) in [5, 5.41) is 2.45. The normalized spacial score (nSPS) is 11.3. The fraction of sp³-hybridized carbons (Fsp3) is 0.195. The third kappa shape index (κ3) is 16.2. The summed E-state index contributed by atoms with van der Waals surface area (Å²) < 4.78 is 0. The third-order valence-corrected chi connectivity index (χ3v) is 16.2. The van der Waals surface area contributed by atoms with E-state index in [9.17, 15) is 0 Å². The van der Waals surface area contributed by atoms with Crippen LogP contribution >= 0.6 is 0 Å². The van der Waals surface area contributed by atoms with Gasteiger partial charge in [0, 0.05) is 46.3 Å². The van der Waals surface area contributed by atoms with Gasteiger partial charge in [-0.2, -0.15) is 0 Å². The molecule has 0 aliphatic carbocycles. The Morgan fingerprint density at radius 3 is 0.881 bits per heavy atom. The number of rotatable bonds is 28. The minimum atomic E-state index is 1.11. The molecule has 0 radical (unpaired) electrons. The predicted octanol–water partition coefficient (Wildman–Crippen LogP) is 23.4. The Kier molecular flexibility index (Phi) is 21.4. The Hall–Kier alpha value is -8.98. The maximum Gasteiger partial charge on any atom is 0.0456 e. The topological polar surface area (TPSA) is 6.48 Å². The highest BCUT2D eigenvalue weighted by Crippen LogP contribution is 2.35. The molecule has 84 heavy (non-hydrogen) atoms. The van der Waals surface area contributed by atoms with E-state index in [-0.39, 0.29) is 0 Å². The first kappa shape index (κ1) is 58.2.